The quantitative estimate of drug-likeness (QED) is 0.572. The number of carbonyl (C=O) groups is 1. The number of fused-ring (bicyclic) bond motifs is 1. The molecule has 1 fully saturated rings. The number of halogens is 1. The Kier molecular flexibility index (Phi) is 6.26. The Bertz CT molecular complexity index is 1030. The maximum absolute atomic E-state index is 12.4. The first-order chi connectivity index (χ1) is 14.5. The summed E-state index contributed by atoms with van der Waals surface area (Å²) in [4.78, 5) is 20.6. The standard InChI is InChI=1S/C21H25ClN4O3S/c1-3-16-23-21-26(24-16)19(27)18(30-21)17(13-7-9-15(22)10-8-13)25-11-5-6-14(12-25)20(28)29-4-2/h7-10,14,17,27H,3-6,11-12H2,1-2H3/t14-,17+/m1/s1. The maximum atomic E-state index is 12.4. The monoisotopic (exact) mass is 448 g/mol. The molecule has 160 valence electrons. The molecule has 9 heteroatoms. The second-order valence-electron chi connectivity index (χ2n) is 7.41. The lowest BCUT2D eigenvalue weighted by Gasteiger charge is -2.37. The predicted molar refractivity (Wildman–Crippen MR) is 116 cm³/mol. The van der Waals surface area contributed by atoms with E-state index in [9.17, 15) is 9.90 Å². The van der Waals surface area contributed by atoms with Crippen molar-refractivity contribution in [2.75, 3.05) is 19.7 Å². The van der Waals surface area contributed by atoms with Gasteiger partial charge < -0.3 is 9.84 Å². The number of piperidine rings is 1. The molecule has 3 heterocycles. The first-order valence-corrected chi connectivity index (χ1v) is 11.4. The number of hydrogen-bond donors (Lipinski definition) is 1. The lowest BCUT2D eigenvalue weighted by Crippen LogP contribution is -2.41. The van der Waals surface area contributed by atoms with E-state index in [0.717, 1.165) is 29.8 Å². The number of aromatic nitrogens is 3. The van der Waals surface area contributed by atoms with Gasteiger partial charge in [-0.25, -0.2) is 4.98 Å². The molecule has 4 rings (SSSR count). The second kappa shape index (κ2) is 8.91. The first-order valence-electron chi connectivity index (χ1n) is 10.2. The Hall–Kier alpha value is -2.16. The molecule has 1 N–H and O–H groups in total. The fourth-order valence-electron chi connectivity index (χ4n) is 3.99. The predicted octanol–water partition coefficient (Wildman–Crippen LogP) is 4.08. The number of nitrogens with zero attached hydrogens (tertiary/aromatic N) is 4. The van der Waals surface area contributed by atoms with Gasteiger partial charge in [0.2, 0.25) is 10.8 Å². The molecule has 7 nitrogen and oxygen atoms in total. The molecular formula is C21H25ClN4O3S. The van der Waals surface area contributed by atoms with E-state index in [1.165, 1.54) is 15.9 Å². The third kappa shape index (κ3) is 4.04. The molecule has 0 unspecified atom stereocenters. The summed E-state index contributed by atoms with van der Waals surface area (Å²) in [6.07, 6.45) is 2.40. The zero-order valence-electron chi connectivity index (χ0n) is 17.0. The molecule has 0 radical (unpaired) electrons. The number of rotatable bonds is 6. The molecule has 0 spiro atoms. The number of ether oxygens (including phenoxy) is 1. The minimum atomic E-state index is -0.224. The van der Waals surface area contributed by atoms with E-state index < -0.39 is 0 Å². The van der Waals surface area contributed by atoms with E-state index in [-0.39, 0.29) is 23.8 Å². The third-order valence-electron chi connectivity index (χ3n) is 5.43. The first kappa shape index (κ1) is 21.1. The molecule has 30 heavy (non-hydrogen) atoms. The topological polar surface area (TPSA) is 80.0 Å². The van der Waals surface area contributed by atoms with Gasteiger partial charge >= 0.3 is 5.97 Å². The number of aryl methyl sites for hydroxylation is 1. The number of aromatic hydroxyl groups is 1. The van der Waals surface area contributed by atoms with Crippen LogP contribution in [-0.4, -0.2) is 50.3 Å². The lowest BCUT2D eigenvalue weighted by molar-refractivity contribution is -0.150. The molecule has 3 aromatic rings. The third-order valence-corrected chi connectivity index (χ3v) is 6.76. The van der Waals surface area contributed by atoms with Crippen molar-refractivity contribution < 1.29 is 14.6 Å². The van der Waals surface area contributed by atoms with Gasteiger partial charge in [0.1, 0.15) is 0 Å². The van der Waals surface area contributed by atoms with E-state index in [4.69, 9.17) is 16.3 Å². The summed E-state index contributed by atoms with van der Waals surface area (Å²) in [6, 6.07) is 7.40. The normalized spacial score (nSPS) is 18.6. The number of likely N-dealkylation sites (tertiary alicyclic amines) is 1. The molecular weight excluding hydrogens is 424 g/mol. The van der Waals surface area contributed by atoms with Crippen LogP contribution in [0.15, 0.2) is 24.3 Å². The van der Waals surface area contributed by atoms with Gasteiger partial charge in [0, 0.05) is 18.0 Å². The van der Waals surface area contributed by atoms with E-state index >= 15 is 0 Å². The zero-order chi connectivity index (χ0) is 21.3. The molecule has 1 aromatic carbocycles. The van der Waals surface area contributed by atoms with Gasteiger partial charge in [-0.15, -0.1) is 5.10 Å². The van der Waals surface area contributed by atoms with Crippen molar-refractivity contribution in [3.05, 3.63) is 45.6 Å². The zero-order valence-corrected chi connectivity index (χ0v) is 18.6. The molecule has 2 atom stereocenters. The fourth-order valence-corrected chi connectivity index (χ4v) is 5.25. The molecule has 1 aliphatic rings. The van der Waals surface area contributed by atoms with Crippen LogP contribution in [0, 0.1) is 5.92 Å². The highest BCUT2D eigenvalue weighted by Gasteiger charge is 2.35. The highest BCUT2D eigenvalue weighted by atomic mass is 35.5. The molecule has 0 bridgehead atoms. The van der Waals surface area contributed by atoms with Gasteiger partial charge in [-0.05, 0) is 44.0 Å². The van der Waals surface area contributed by atoms with Crippen LogP contribution in [0.2, 0.25) is 5.02 Å². The van der Waals surface area contributed by atoms with Crippen LogP contribution in [0.4, 0.5) is 0 Å². The average molecular weight is 449 g/mol. The molecule has 0 amide bonds. The second-order valence-corrected chi connectivity index (χ2v) is 8.85. The average Bonchev–Trinajstić information content (AvgIpc) is 3.29. The fraction of sp³-hybridized carbons (Fsp3) is 0.476. The summed E-state index contributed by atoms with van der Waals surface area (Å²) in [5.74, 6) is 0.466. The summed E-state index contributed by atoms with van der Waals surface area (Å²) in [5, 5.41) is 16.1. The van der Waals surface area contributed by atoms with E-state index in [1.807, 2.05) is 38.1 Å². The van der Waals surface area contributed by atoms with Crippen molar-refractivity contribution in [3.63, 3.8) is 0 Å². The number of thiazole rings is 1. The van der Waals surface area contributed by atoms with E-state index in [0.29, 0.717) is 35.4 Å². The summed E-state index contributed by atoms with van der Waals surface area (Å²) in [5.41, 5.74) is 0.999. The van der Waals surface area contributed by atoms with Crippen LogP contribution < -0.4 is 0 Å². The van der Waals surface area contributed by atoms with Gasteiger partial charge in [-0.2, -0.15) is 4.52 Å². The summed E-state index contributed by atoms with van der Waals surface area (Å²) >= 11 is 7.54. The number of carbonyl (C=O) groups excluding carboxylic acids is 1. The number of hydrogen-bond acceptors (Lipinski definition) is 7. The number of benzene rings is 1. The molecule has 1 aliphatic heterocycles. The summed E-state index contributed by atoms with van der Waals surface area (Å²) < 4.78 is 6.78. The van der Waals surface area contributed by atoms with Gasteiger partial charge in [0.25, 0.3) is 0 Å². The molecule has 0 saturated carbocycles. The number of esters is 1. The maximum Gasteiger partial charge on any atom is 0.310 e. The van der Waals surface area contributed by atoms with Crippen molar-refractivity contribution in [1.82, 2.24) is 19.5 Å². The largest absolute Gasteiger partial charge is 0.492 e. The van der Waals surface area contributed by atoms with Crippen LogP contribution in [0.5, 0.6) is 5.88 Å². The smallest absolute Gasteiger partial charge is 0.310 e. The SMILES string of the molecule is CCOC(=O)[C@@H]1CCCN([C@@H](c2ccc(Cl)cc2)c2sc3nc(CC)nn3c2O)C1. The summed E-state index contributed by atoms with van der Waals surface area (Å²) in [6.45, 7) is 5.57. The Morgan fingerprint density at radius 2 is 2.13 bits per heavy atom. The van der Waals surface area contributed by atoms with Crippen LogP contribution in [-0.2, 0) is 16.0 Å². The Balaban J connectivity index is 1.73. The highest BCUT2D eigenvalue weighted by Crippen LogP contribution is 2.41. The van der Waals surface area contributed by atoms with Crippen LogP contribution in [0.25, 0.3) is 4.96 Å². The molecule has 0 aliphatic carbocycles. The van der Waals surface area contributed by atoms with Crippen LogP contribution in [0.3, 0.4) is 0 Å². The van der Waals surface area contributed by atoms with Crippen molar-refractivity contribution in [2.24, 2.45) is 5.92 Å². The van der Waals surface area contributed by atoms with Gasteiger partial charge in [-0.1, -0.05) is 42.0 Å². The van der Waals surface area contributed by atoms with Crippen molar-refractivity contribution in [3.8, 4) is 5.88 Å². The molecule has 1 saturated heterocycles. The minimum Gasteiger partial charge on any atom is -0.492 e. The van der Waals surface area contributed by atoms with Gasteiger partial charge in [-0.3, -0.25) is 9.69 Å². The van der Waals surface area contributed by atoms with Crippen molar-refractivity contribution in [2.45, 2.75) is 39.2 Å². The van der Waals surface area contributed by atoms with E-state index in [1.54, 1.807) is 0 Å². The van der Waals surface area contributed by atoms with Crippen LogP contribution in [0.1, 0.15) is 49.0 Å². The Labute approximate surface area is 184 Å². The van der Waals surface area contributed by atoms with Crippen LogP contribution >= 0.6 is 22.9 Å². The molecule has 2 aromatic heterocycles. The Morgan fingerprint density at radius 1 is 1.37 bits per heavy atom. The van der Waals surface area contributed by atoms with Gasteiger partial charge in [0.15, 0.2) is 5.82 Å². The van der Waals surface area contributed by atoms with Crippen molar-refractivity contribution in [1.29, 1.82) is 0 Å². The summed E-state index contributed by atoms with van der Waals surface area (Å²) in [7, 11) is 0. The minimum absolute atomic E-state index is 0.0976. The van der Waals surface area contributed by atoms with E-state index in [2.05, 4.69) is 15.0 Å². The highest BCUT2D eigenvalue weighted by molar-refractivity contribution is 7.17. The Morgan fingerprint density at radius 3 is 2.80 bits per heavy atom. The lowest BCUT2D eigenvalue weighted by atomic mass is 9.94. The van der Waals surface area contributed by atoms with Crippen molar-refractivity contribution >= 4 is 33.9 Å². The van der Waals surface area contributed by atoms with Gasteiger partial charge in [0.05, 0.1) is 23.4 Å².